The van der Waals surface area contributed by atoms with Crippen LogP contribution in [0.5, 0.6) is 11.5 Å². The van der Waals surface area contributed by atoms with E-state index in [1.165, 1.54) is 5.56 Å². The Labute approximate surface area is 195 Å². The molecular formula is C26H29Cl2NO2. The average Bonchev–Trinajstić information content (AvgIpc) is 2.77. The number of halogens is 2. The lowest BCUT2D eigenvalue weighted by Gasteiger charge is -2.16. The van der Waals surface area contributed by atoms with Crippen molar-refractivity contribution in [2.75, 3.05) is 6.61 Å². The van der Waals surface area contributed by atoms with Gasteiger partial charge < -0.3 is 14.8 Å². The highest BCUT2D eigenvalue weighted by Gasteiger charge is 2.10. The van der Waals surface area contributed by atoms with E-state index >= 15 is 0 Å². The molecule has 3 nitrogen and oxygen atoms in total. The van der Waals surface area contributed by atoms with Gasteiger partial charge in [0.05, 0.1) is 6.61 Å². The van der Waals surface area contributed by atoms with E-state index < -0.39 is 0 Å². The predicted molar refractivity (Wildman–Crippen MR) is 129 cm³/mol. The second kappa shape index (κ2) is 12.0. The Morgan fingerprint density at radius 1 is 0.871 bits per heavy atom. The summed E-state index contributed by atoms with van der Waals surface area (Å²) in [7, 11) is 0. The van der Waals surface area contributed by atoms with Crippen molar-refractivity contribution in [1.29, 1.82) is 0 Å². The van der Waals surface area contributed by atoms with Crippen molar-refractivity contribution >= 4 is 23.2 Å². The summed E-state index contributed by atoms with van der Waals surface area (Å²) in [6, 6.07) is 22.5. The molecule has 5 heteroatoms. The van der Waals surface area contributed by atoms with Crippen LogP contribution >= 0.6 is 23.2 Å². The number of rotatable bonds is 11. The van der Waals surface area contributed by atoms with Crippen LogP contribution in [-0.2, 0) is 19.6 Å². The SMILES string of the molecule is CCOc1cc(CN[C@H](C)CCc2ccccc2)ccc1OCc1ccc(Cl)cc1Cl. The summed E-state index contributed by atoms with van der Waals surface area (Å²) in [5.41, 5.74) is 3.41. The lowest BCUT2D eigenvalue weighted by molar-refractivity contribution is 0.269. The van der Waals surface area contributed by atoms with E-state index in [0.717, 1.165) is 36.3 Å². The molecule has 0 amide bonds. The highest BCUT2D eigenvalue weighted by molar-refractivity contribution is 6.35. The van der Waals surface area contributed by atoms with E-state index in [1.807, 2.05) is 31.2 Å². The van der Waals surface area contributed by atoms with Crippen LogP contribution in [0.1, 0.15) is 37.0 Å². The number of aryl methyl sites for hydroxylation is 1. The minimum absolute atomic E-state index is 0.351. The Balaban J connectivity index is 1.56. The third-order valence-electron chi connectivity index (χ3n) is 5.07. The molecule has 3 aromatic carbocycles. The molecule has 0 spiro atoms. The van der Waals surface area contributed by atoms with Crippen molar-refractivity contribution in [1.82, 2.24) is 5.32 Å². The summed E-state index contributed by atoms with van der Waals surface area (Å²) >= 11 is 12.2. The Morgan fingerprint density at radius 3 is 2.42 bits per heavy atom. The first-order chi connectivity index (χ1) is 15.0. The van der Waals surface area contributed by atoms with E-state index in [-0.39, 0.29) is 0 Å². The molecule has 0 aromatic heterocycles. The van der Waals surface area contributed by atoms with Gasteiger partial charge in [-0.05, 0) is 62.1 Å². The Morgan fingerprint density at radius 2 is 1.68 bits per heavy atom. The maximum absolute atomic E-state index is 6.25. The minimum atomic E-state index is 0.351. The maximum atomic E-state index is 6.25. The number of hydrogen-bond acceptors (Lipinski definition) is 3. The van der Waals surface area contributed by atoms with Crippen molar-refractivity contribution in [2.24, 2.45) is 0 Å². The Kier molecular flexibility index (Phi) is 9.08. The molecule has 0 fully saturated rings. The van der Waals surface area contributed by atoms with Gasteiger partial charge in [-0.25, -0.2) is 0 Å². The summed E-state index contributed by atoms with van der Waals surface area (Å²) < 4.78 is 11.8. The van der Waals surface area contributed by atoms with Crippen LogP contribution in [0.2, 0.25) is 10.0 Å². The van der Waals surface area contributed by atoms with Crippen LogP contribution in [0.4, 0.5) is 0 Å². The normalized spacial score (nSPS) is 11.9. The Bertz CT molecular complexity index is 963. The van der Waals surface area contributed by atoms with Crippen molar-refractivity contribution in [3.8, 4) is 11.5 Å². The van der Waals surface area contributed by atoms with E-state index in [9.17, 15) is 0 Å². The molecular weight excluding hydrogens is 429 g/mol. The van der Waals surface area contributed by atoms with Crippen LogP contribution in [-0.4, -0.2) is 12.6 Å². The molecule has 1 N–H and O–H groups in total. The summed E-state index contributed by atoms with van der Waals surface area (Å²) in [5, 5.41) is 4.81. The molecule has 0 aliphatic rings. The van der Waals surface area contributed by atoms with E-state index in [1.54, 1.807) is 6.07 Å². The second-order valence-corrected chi connectivity index (χ2v) is 8.39. The molecule has 164 valence electrons. The van der Waals surface area contributed by atoms with Gasteiger partial charge in [0.2, 0.25) is 0 Å². The van der Waals surface area contributed by atoms with Crippen LogP contribution in [0.3, 0.4) is 0 Å². The molecule has 3 rings (SSSR count). The van der Waals surface area contributed by atoms with Crippen LogP contribution in [0.15, 0.2) is 66.7 Å². The van der Waals surface area contributed by atoms with Gasteiger partial charge in [-0.3, -0.25) is 0 Å². The quantitative estimate of drug-likeness (QED) is 0.333. The topological polar surface area (TPSA) is 30.5 Å². The van der Waals surface area contributed by atoms with E-state index in [0.29, 0.717) is 35.1 Å². The second-order valence-electron chi connectivity index (χ2n) is 7.54. The number of nitrogens with one attached hydrogen (secondary N) is 1. The largest absolute Gasteiger partial charge is 0.490 e. The molecule has 0 bridgehead atoms. The lowest BCUT2D eigenvalue weighted by Crippen LogP contribution is -2.26. The zero-order valence-corrected chi connectivity index (χ0v) is 19.5. The Hall–Kier alpha value is -2.20. The van der Waals surface area contributed by atoms with Crippen molar-refractivity contribution in [3.05, 3.63) is 93.5 Å². The maximum Gasteiger partial charge on any atom is 0.161 e. The zero-order chi connectivity index (χ0) is 22.1. The number of ether oxygens (including phenoxy) is 2. The van der Waals surface area contributed by atoms with Crippen LogP contribution in [0.25, 0.3) is 0 Å². The number of hydrogen-bond donors (Lipinski definition) is 1. The van der Waals surface area contributed by atoms with Crippen molar-refractivity contribution in [2.45, 2.75) is 45.9 Å². The zero-order valence-electron chi connectivity index (χ0n) is 18.0. The molecule has 0 aliphatic heterocycles. The first kappa shape index (κ1) is 23.5. The molecule has 1 atom stereocenters. The highest BCUT2D eigenvalue weighted by Crippen LogP contribution is 2.30. The standard InChI is InChI=1S/C26H29Cl2NO2/c1-3-30-26-15-21(17-29-19(2)9-10-20-7-5-4-6-8-20)11-14-25(26)31-18-22-12-13-23(27)16-24(22)28/h4-8,11-16,19,29H,3,9-10,17-18H2,1-2H3/t19-/m1/s1. The van der Waals surface area contributed by atoms with E-state index in [4.69, 9.17) is 32.7 Å². The fourth-order valence-electron chi connectivity index (χ4n) is 3.27. The predicted octanol–water partition coefficient (Wildman–Crippen LogP) is 7.08. The highest BCUT2D eigenvalue weighted by atomic mass is 35.5. The van der Waals surface area contributed by atoms with Gasteiger partial charge in [0.25, 0.3) is 0 Å². The third kappa shape index (κ3) is 7.46. The third-order valence-corrected chi connectivity index (χ3v) is 5.66. The van der Waals surface area contributed by atoms with Gasteiger partial charge in [-0.2, -0.15) is 0 Å². The monoisotopic (exact) mass is 457 g/mol. The molecule has 0 heterocycles. The van der Waals surface area contributed by atoms with Gasteiger partial charge in [-0.15, -0.1) is 0 Å². The molecule has 0 unspecified atom stereocenters. The minimum Gasteiger partial charge on any atom is -0.490 e. The smallest absolute Gasteiger partial charge is 0.161 e. The van der Waals surface area contributed by atoms with Crippen molar-refractivity contribution < 1.29 is 9.47 Å². The summed E-state index contributed by atoms with van der Waals surface area (Å²) in [6.07, 6.45) is 2.16. The van der Waals surface area contributed by atoms with Gasteiger partial charge in [0.15, 0.2) is 11.5 Å². The lowest BCUT2D eigenvalue weighted by atomic mass is 10.1. The molecule has 0 saturated heterocycles. The first-order valence-electron chi connectivity index (χ1n) is 10.6. The fraction of sp³-hybridized carbons (Fsp3) is 0.308. The molecule has 0 saturated carbocycles. The van der Waals surface area contributed by atoms with Gasteiger partial charge >= 0.3 is 0 Å². The first-order valence-corrected chi connectivity index (χ1v) is 11.4. The summed E-state index contributed by atoms with van der Waals surface area (Å²) in [5.74, 6) is 1.44. The number of benzene rings is 3. The molecule has 0 aliphatic carbocycles. The molecule has 3 aromatic rings. The fourth-order valence-corrected chi connectivity index (χ4v) is 3.73. The van der Waals surface area contributed by atoms with Gasteiger partial charge in [0, 0.05) is 28.2 Å². The van der Waals surface area contributed by atoms with Crippen LogP contribution in [0, 0.1) is 0 Å². The van der Waals surface area contributed by atoms with Gasteiger partial charge in [0.1, 0.15) is 6.61 Å². The van der Waals surface area contributed by atoms with Gasteiger partial charge in [-0.1, -0.05) is 65.7 Å². The average molecular weight is 458 g/mol. The molecule has 31 heavy (non-hydrogen) atoms. The van der Waals surface area contributed by atoms with E-state index in [2.05, 4.69) is 48.6 Å². The van der Waals surface area contributed by atoms with Crippen molar-refractivity contribution in [3.63, 3.8) is 0 Å². The molecule has 0 radical (unpaired) electrons. The van der Waals surface area contributed by atoms with Crippen LogP contribution < -0.4 is 14.8 Å². The summed E-state index contributed by atoms with van der Waals surface area (Å²) in [4.78, 5) is 0. The summed E-state index contributed by atoms with van der Waals surface area (Å²) in [6.45, 7) is 5.89.